The summed E-state index contributed by atoms with van der Waals surface area (Å²) in [4.78, 5) is 0. The molecule has 2 bridgehead atoms. The lowest BCUT2D eigenvalue weighted by Gasteiger charge is -2.12. The predicted molar refractivity (Wildman–Crippen MR) is 33.6 cm³/mol. The molecule has 1 fully saturated rings. The van der Waals surface area contributed by atoms with Crippen LogP contribution < -0.4 is 0 Å². The van der Waals surface area contributed by atoms with Gasteiger partial charge in [0.25, 0.3) is 0 Å². The van der Waals surface area contributed by atoms with Crippen molar-refractivity contribution in [2.45, 2.75) is 12.5 Å². The Morgan fingerprint density at radius 2 is 2.38 bits per heavy atom. The van der Waals surface area contributed by atoms with Gasteiger partial charge in [-0.25, -0.2) is 4.42 Å². The van der Waals surface area contributed by atoms with E-state index in [4.69, 9.17) is 11.8 Å². The monoisotopic (exact) mass is 129 g/mol. The summed E-state index contributed by atoms with van der Waals surface area (Å²) < 4.78 is 1.89. The van der Waals surface area contributed by atoms with Crippen LogP contribution in [-0.4, -0.2) is 17.0 Å². The Bertz CT molecular complexity index is 132. The minimum atomic E-state index is 0.557. The van der Waals surface area contributed by atoms with Crippen LogP contribution in [0, 0.1) is 5.92 Å². The molecule has 1 nitrogen and oxygen atoms in total. The van der Waals surface area contributed by atoms with Crippen molar-refractivity contribution in [3.8, 4) is 0 Å². The van der Waals surface area contributed by atoms with Crippen LogP contribution in [0.15, 0.2) is 12.2 Å². The van der Waals surface area contributed by atoms with E-state index in [9.17, 15) is 0 Å². The maximum atomic E-state index is 5.79. The lowest BCUT2D eigenvalue weighted by molar-refractivity contribution is 0.472. The smallest absolute Gasteiger partial charge is 0.0438 e. The van der Waals surface area contributed by atoms with E-state index >= 15 is 0 Å². The first-order valence-electron chi connectivity index (χ1n) is 2.97. The van der Waals surface area contributed by atoms with Crippen molar-refractivity contribution in [1.29, 1.82) is 0 Å². The van der Waals surface area contributed by atoms with E-state index in [1.54, 1.807) is 0 Å². The summed E-state index contributed by atoms with van der Waals surface area (Å²) in [6.07, 6.45) is 5.72. The Morgan fingerprint density at radius 3 is 2.62 bits per heavy atom. The molecule has 0 saturated carbocycles. The van der Waals surface area contributed by atoms with E-state index in [1.807, 2.05) is 4.42 Å². The average molecular weight is 130 g/mol. The van der Waals surface area contributed by atoms with Crippen LogP contribution >= 0.6 is 11.8 Å². The third kappa shape index (κ3) is 0.517. The van der Waals surface area contributed by atoms with Gasteiger partial charge in [-0.15, -0.1) is 0 Å². The molecule has 2 aliphatic rings. The molecular formula is C6H8ClN. The number of nitrogens with zero attached hydrogens (tertiary/aromatic N) is 1. The molecular weight excluding hydrogens is 122 g/mol. The molecule has 2 heteroatoms. The van der Waals surface area contributed by atoms with E-state index in [0.717, 1.165) is 12.5 Å². The number of fused-ring (bicyclic) bond motifs is 2. The third-order valence-corrected chi connectivity index (χ3v) is 2.31. The highest BCUT2D eigenvalue weighted by Gasteiger charge is 2.32. The SMILES string of the molecule is ClN1CC2C=CC1C2. The first kappa shape index (κ1) is 4.83. The van der Waals surface area contributed by atoms with E-state index in [2.05, 4.69) is 12.2 Å². The van der Waals surface area contributed by atoms with Crippen LogP contribution in [0.4, 0.5) is 0 Å². The van der Waals surface area contributed by atoms with Crippen LogP contribution in [0.2, 0.25) is 0 Å². The lowest BCUT2D eigenvalue weighted by Crippen LogP contribution is -2.18. The van der Waals surface area contributed by atoms with Gasteiger partial charge in [-0.3, -0.25) is 0 Å². The molecule has 0 radical (unpaired) electrons. The second-order valence-electron chi connectivity index (χ2n) is 2.53. The van der Waals surface area contributed by atoms with Crippen molar-refractivity contribution in [2.75, 3.05) is 6.54 Å². The maximum absolute atomic E-state index is 5.79. The number of hydrogen-bond acceptors (Lipinski definition) is 1. The molecule has 0 N–H and O–H groups in total. The molecule has 0 spiro atoms. The Morgan fingerprint density at radius 1 is 1.50 bits per heavy atom. The summed E-state index contributed by atoms with van der Waals surface area (Å²) in [5.74, 6) is 0.762. The van der Waals surface area contributed by atoms with Gasteiger partial charge in [0.2, 0.25) is 0 Å². The molecule has 2 rings (SSSR count). The highest BCUT2D eigenvalue weighted by atomic mass is 35.5. The van der Waals surface area contributed by atoms with E-state index < -0.39 is 0 Å². The summed E-state index contributed by atoms with van der Waals surface area (Å²) in [6, 6.07) is 0.557. The second kappa shape index (κ2) is 1.49. The number of rotatable bonds is 0. The predicted octanol–water partition coefficient (Wildman–Crippen LogP) is 1.40. The Kier molecular flexibility index (Phi) is 0.897. The van der Waals surface area contributed by atoms with Crippen LogP contribution in [0.1, 0.15) is 6.42 Å². The van der Waals surface area contributed by atoms with Gasteiger partial charge in [-0.1, -0.05) is 12.2 Å². The first-order chi connectivity index (χ1) is 3.86. The van der Waals surface area contributed by atoms with Crippen molar-refractivity contribution < 1.29 is 0 Å². The third-order valence-electron chi connectivity index (χ3n) is 1.92. The van der Waals surface area contributed by atoms with Gasteiger partial charge >= 0.3 is 0 Å². The summed E-state index contributed by atoms with van der Waals surface area (Å²) >= 11 is 5.79. The molecule has 0 aromatic carbocycles. The molecule has 1 saturated heterocycles. The van der Waals surface area contributed by atoms with Gasteiger partial charge in [0.05, 0.1) is 0 Å². The fourth-order valence-corrected chi connectivity index (χ4v) is 1.78. The summed E-state index contributed by atoms with van der Waals surface area (Å²) in [5.41, 5.74) is 0. The van der Waals surface area contributed by atoms with Crippen molar-refractivity contribution in [3.05, 3.63) is 12.2 Å². The highest BCUT2D eigenvalue weighted by molar-refractivity contribution is 6.13. The molecule has 0 aromatic heterocycles. The number of hydrogen-bond donors (Lipinski definition) is 0. The fraction of sp³-hybridized carbons (Fsp3) is 0.667. The van der Waals surface area contributed by atoms with Crippen LogP contribution in [-0.2, 0) is 0 Å². The topological polar surface area (TPSA) is 3.24 Å². The zero-order valence-corrected chi connectivity index (χ0v) is 5.30. The first-order valence-corrected chi connectivity index (χ1v) is 3.31. The van der Waals surface area contributed by atoms with Crippen LogP contribution in [0.3, 0.4) is 0 Å². The van der Waals surface area contributed by atoms with Crippen molar-refractivity contribution in [1.82, 2.24) is 4.42 Å². The largest absolute Gasteiger partial charge is 0.213 e. The van der Waals surface area contributed by atoms with Gasteiger partial charge in [0.15, 0.2) is 0 Å². The van der Waals surface area contributed by atoms with E-state index in [0.29, 0.717) is 6.04 Å². The molecule has 1 heterocycles. The van der Waals surface area contributed by atoms with Gasteiger partial charge in [0.1, 0.15) is 0 Å². The second-order valence-corrected chi connectivity index (χ2v) is 2.96. The summed E-state index contributed by atoms with van der Waals surface area (Å²) in [5, 5.41) is 0. The Hall–Kier alpha value is -0.0100. The van der Waals surface area contributed by atoms with E-state index in [1.165, 1.54) is 6.42 Å². The van der Waals surface area contributed by atoms with Gasteiger partial charge in [-0.05, 0) is 24.1 Å². The molecule has 0 amide bonds. The quantitative estimate of drug-likeness (QED) is 0.353. The molecule has 8 heavy (non-hydrogen) atoms. The molecule has 2 atom stereocenters. The standard InChI is InChI=1S/C6H8ClN/c7-8-4-5-1-2-6(8)3-5/h1-2,5-6H,3-4H2. The van der Waals surface area contributed by atoms with Gasteiger partial charge in [-0.2, -0.15) is 0 Å². The molecule has 0 aromatic rings. The normalized spacial score (nSPS) is 44.1. The zero-order valence-electron chi connectivity index (χ0n) is 4.55. The molecule has 2 unspecified atom stereocenters. The van der Waals surface area contributed by atoms with Crippen molar-refractivity contribution >= 4 is 11.8 Å². The van der Waals surface area contributed by atoms with Crippen LogP contribution in [0.5, 0.6) is 0 Å². The lowest BCUT2D eigenvalue weighted by atomic mass is 10.2. The average Bonchev–Trinajstić information content (AvgIpc) is 2.23. The Balaban J connectivity index is 2.23. The Labute approximate surface area is 54.0 Å². The van der Waals surface area contributed by atoms with Gasteiger partial charge in [0, 0.05) is 12.6 Å². The maximum Gasteiger partial charge on any atom is 0.0438 e. The number of halogens is 1. The van der Waals surface area contributed by atoms with E-state index in [-0.39, 0.29) is 0 Å². The summed E-state index contributed by atoms with van der Waals surface area (Å²) in [6.45, 7) is 1.06. The van der Waals surface area contributed by atoms with Gasteiger partial charge < -0.3 is 0 Å². The van der Waals surface area contributed by atoms with Crippen molar-refractivity contribution in [2.24, 2.45) is 5.92 Å². The fourth-order valence-electron chi connectivity index (χ4n) is 1.46. The summed E-state index contributed by atoms with van der Waals surface area (Å²) in [7, 11) is 0. The highest BCUT2D eigenvalue weighted by Crippen LogP contribution is 2.32. The van der Waals surface area contributed by atoms with Crippen LogP contribution in [0.25, 0.3) is 0 Å². The molecule has 1 aliphatic carbocycles. The zero-order chi connectivity index (χ0) is 5.56. The molecule has 44 valence electrons. The minimum Gasteiger partial charge on any atom is -0.213 e. The molecule has 1 aliphatic heterocycles. The van der Waals surface area contributed by atoms with Crippen molar-refractivity contribution in [3.63, 3.8) is 0 Å². The minimum absolute atomic E-state index is 0.557.